The lowest BCUT2D eigenvalue weighted by molar-refractivity contribution is 0.242. The predicted octanol–water partition coefficient (Wildman–Crippen LogP) is 2.42. The quantitative estimate of drug-likeness (QED) is 0.761. The number of hydrogen-bond acceptors (Lipinski definition) is 2. The van der Waals surface area contributed by atoms with E-state index in [2.05, 4.69) is 17.5 Å². The van der Waals surface area contributed by atoms with Crippen molar-refractivity contribution in [1.29, 1.82) is 0 Å². The zero-order valence-corrected chi connectivity index (χ0v) is 8.02. The van der Waals surface area contributed by atoms with Crippen LogP contribution in [0.5, 0.6) is 0 Å². The molecule has 2 heteroatoms. The van der Waals surface area contributed by atoms with Crippen LogP contribution in [-0.2, 0) is 6.42 Å². The Balaban J connectivity index is 1.75. The van der Waals surface area contributed by atoms with Gasteiger partial charge in [-0.05, 0) is 43.0 Å². The molecule has 1 saturated carbocycles. The lowest BCUT2D eigenvalue weighted by Crippen LogP contribution is -2.39. The predicted molar refractivity (Wildman–Crippen MR) is 53.3 cm³/mol. The van der Waals surface area contributed by atoms with E-state index >= 15 is 0 Å². The first-order chi connectivity index (χ1) is 5.86. The van der Waals surface area contributed by atoms with Crippen LogP contribution in [0.4, 0.5) is 0 Å². The first-order valence-corrected chi connectivity index (χ1v) is 5.52. The number of hydrogen-bond donors (Lipinski definition) is 1. The molecular weight excluding hydrogens is 166 g/mol. The van der Waals surface area contributed by atoms with Gasteiger partial charge >= 0.3 is 0 Å². The second-order valence-electron chi connectivity index (χ2n) is 3.62. The molecule has 0 bridgehead atoms. The van der Waals surface area contributed by atoms with Crippen molar-refractivity contribution in [2.75, 3.05) is 0 Å². The topological polar surface area (TPSA) is 26.0 Å². The highest BCUT2D eigenvalue weighted by Gasteiger charge is 2.26. The van der Waals surface area contributed by atoms with Crippen molar-refractivity contribution in [2.24, 2.45) is 11.7 Å². The van der Waals surface area contributed by atoms with Crippen LogP contribution in [0.2, 0.25) is 0 Å². The van der Waals surface area contributed by atoms with Crippen LogP contribution in [0.1, 0.15) is 24.1 Å². The molecule has 1 aromatic rings. The van der Waals surface area contributed by atoms with Crippen LogP contribution in [0.15, 0.2) is 17.5 Å². The molecule has 66 valence electrons. The molecule has 1 aromatic heterocycles. The van der Waals surface area contributed by atoms with Gasteiger partial charge in [0.2, 0.25) is 0 Å². The molecule has 0 aromatic carbocycles. The average Bonchev–Trinajstić information content (AvgIpc) is 2.54. The molecule has 0 saturated heterocycles. The van der Waals surface area contributed by atoms with Crippen LogP contribution < -0.4 is 5.73 Å². The Hall–Kier alpha value is -0.340. The van der Waals surface area contributed by atoms with E-state index in [-0.39, 0.29) is 0 Å². The molecule has 12 heavy (non-hydrogen) atoms. The molecule has 2 atom stereocenters. The molecule has 2 rings (SSSR count). The highest BCUT2D eigenvalue weighted by molar-refractivity contribution is 7.09. The average molecular weight is 181 g/mol. The van der Waals surface area contributed by atoms with Crippen molar-refractivity contribution >= 4 is 11.3 Å². The summed E-state index contributed by atoms with van der Waals surface area (Å²) in [7, 11) is 0. The summed E-state index contributed by atoms with van der Waals surface area (Å²) >= 11 is 1.86. The van der Waals surface area contributed by atoms with Gasteiger partial charge in [-0.15, -0.1) is 11.3 Å². The minimum absolute atomic E-state index is 0.505. The zero-order chi connectivity index (χ0) is 8.39. The molecule has 0 radical (unpaired) electrons. The molecule has 2 N–H and O–H groups in total. The van der Waals surface area contributed by atoms with Gasteiger partial charge < -0.3 is 5.73 Å². The molecule has 2 unspecified atom stereocenters. The fourth-order valence-corrected chi connectivity index (χ4v) is 2.46. The molecule has 0 amide bonds. The van der Waals surface area contributed by atoms with E-state index in [9.17, 15) is 0 Å². The molecule has 1 fully saturated rings. The Labute approximate surface area is 77.6 Å². The third-order valence-corrected chi connectivity index (χ3v) is 3.75. The van der Waals surface area contributed by atoms with Crippen LogP contribution >= 0.6 is 11.3 Å². The van der Waals surface area contributed by atoms with E-state index in [0.29, 0.717) is 6.04 Å². The van der Waals surface area contributed by atoms with Gasteiger partial charge in [0.1, 0.15) is 0 Å². The van der Waals surface area contributed by atoms with Crippen LogP contribution in [-0.4, -0.2) is 6.04 Å². The number of thiophene rings is 1. The molecule has 1 heterocycles. The van der Waals surface area contributed by atoms with Crippen molar-refractivity contribution in [2.45, 2.75) is 31.7 Å². The number of aryl methyl sites for hydroxylation is 1. The summed E-state index contributed by atoms with van der Waals surface area (Å²) < 4.78 is 0. The largest absolute Gasteiger partial charge is 0.327 e. The standard InChI is InChI=1S/C10H15NS/c11-10-6-4-8(10)3-5-9-2-1-7-12-9/h1-2,7-8,10H,3-6,11H2. The van der Waals surface area contributed by atoms with Gasteiger partial charge in [0, 0.05) is 10.9 Å². The second kappa shape index (κ2) is 3.58. The third-order valence-electron chi connectivity index (χ3n) is 2.82. The first-order valence-electron chi connectivity index (χ1n) is 4.64. The summed E-state index contributed by atoms with van der Waals surface area (Å²) in [6.45, 7) is 0. The maximum Gasteiger partial charge on any atom is 0.00674 e. The van der Waals surface area contributed by atoms with Gasteiger partial charge in [0.05, 0.1) is 0 Å². The SMILES string of the molecule is NC1CCC1CCc1cccs1. The summed E-state index contributed by atoms with van der Waals surface area (Å²) in [6.07, 6.45) is 5.12. The monoisotopic (exact) mass is 181 g/mol. The maximum absolute atomic E-state index is 5.87. The molecule has 1 aliphatic rings. The van der Waals surface area contributed by atoms with Gasteiger partial charge in [-0.1, -0.05) is 6.07 Å². The third kappa shape index (κ3) is 1.70. The summed E-state index contributed by atoms with van der Waals surface area (Å²) in [5.74, 6) is 0.812. The van der Waals surface area contributed by atoms with Crippen molar-refractivity contribution in [3.63, 3.8) is 0 Å². The van der Waals surface area contributed by atoms with Crippen molar-refractivity contribution in [1.82, 2.24) is 0 Å². The Bertz CT molecular complexity index is 230. The van der Waals surface area contributed by atoms with E-state index < -0.39 is 0 Å². The summed E-state index contributed by atoms with van der Waals surface area (Å²) in [5.41, 5.74) is 5.87. The fourth-order valence-electron chi connectivity index (χ4n) is 1.74. The summed E-state index contributed by atoms with van der Waals surface area (Å²) in [5, 5.41) is 2.15. The Morgan fingerprint density at radius 3 is 2.92 bits per heavy atom. The molecule has 0 spiro atoms. The van der Waals surface area contributed by atoms with Crippen molar-refractivity contribution in [3.05, 3.63) is 22.4 Å². The Kier molecular flexibility index (Phi) is 2.47. The minimum atomic E-state index is 0.505. The summed E-state index contributed by atoms with van der Waals surface area (Å²) in [4.78, 5) is 1.51. The Morgan fingerprint density at radius 1 is 1.50 bits per heavy atom. The smallest absolute Gasteiger partial charge is 0.00674 e. The van der Waals surface area contributed by atoms with Crippen LogP contribution in [0, 0.1) is 5.92 Å². The van der Waals surface area contributed by atoms with Crippen molar-refractivity contribution < 1.29 is 0 Å². The lowest BCUT2D eigenvalue weighted by atomic mass is 9.77. The van der Waals surface area contributed by atoms with E-state index in [1.54, 1.807) is 0 Å². The van der Waals surface area contributed by atoms with Crippen LogP contribution in [0.3, 0.4) is 0 Å². The highest BCUT2D eigenvalue weighted by atomic mass is 32.1. The van der Waals surface area contributed by atoms with Gasteiger partial charge in [-0.3, -0.25) is 0 Å². The maximum atomic E-state index is 5.87. The van der Waals surface area contributed by atoms with E-state index in [1.807, 2.05) is 11.3 Å². The van der Waals surface area contributed by atoms with Gasteiger partial charge in [-0.25, -0.2) is 0 Å². The lowest BCUT2D eigenvalue weighted by Gasteiger charge is -2.33. The molecular formula is C10H15NS. The summed E-state index contributed by atoms with van der Waals surface area (Å²) in [6, 6.07) is 4.85. The Morgan fingerprint density at radius 2 is 2.42 bits per heavy atom. The number of rotatable bonds is 3. The van der Waals surface area contributed by atoms with Crippen molar-refractivity contribution in [3.8, 4) is 0 Å². The minimum Gasteiger partial charge on any atom is -0.327 e. The van der Waals surface area contributed by atoms with E-state index in [0.717, 1.165) is 5.92 Å². The molecule has 0 aliphatic heterocycles. The zero-order valence-electron chi connectivity index (χ0n) is 7.20. The van der Waals surface area contributed by atoms with E-state index in [1.165, 1.54) is 30.6 Å². The van der Waals surface area contributed by atoms with E-state index in [4.69, 9.17) is 5.73 Å². The number of nitrogens with two attached hydrogens (primary N) is 1. The molecule has 1 nitrogen and oxygen atoms in total. The van der Waals surface area contributed by atoms with Gasteiger partial charge in [-0.2, -0.15) is 0 Å². The normalized spacial score (nSPS) is 28.4. The van der Waals surface area contributed by atoms with Gasteiger partial charge in [0.25, 0.3) is 0 Å². The first kappa shape index (κ1) is 8.27. The second-order valence-corrected chi connectivity index (χ2v) is 4.65. The fraction of sp³-hybridized carbons (Fsp3) is 0.600. The molecule has 1 aliphatic carbocycles. The van der Waals surface area contributed by atoms with Gasteiger partial charge in [0.15, 0.2) is 0 Å². The van der Waals surface area contributed by atoms with Crippen LogP contribution in [0.25, 0.3) is 0 Å². The highest BCUT2D eigenvalue weighted by Crippen LogP contribution is 2.30.